The van der Waals surface area contributed by atoms with Gasteiger partial charge in [-0.25, -0.2) is 14.8 Å². The zero-order chi connectivity index (χ0) is 17.3. The molecule has 0 bridgehead atoms. The molecule has 0 spiro atoms. The van der Waals surface area contributed by atoms with Crippen LogP contribution in [0.4, 0.5) is 4.79 Å². The summed E-state index contributed by atoms with van der Waals surface area (Å²) in [6, 6.07) is 3.92. The first-order valence-corrected chi connectivity index (χ1v) is 7.75. The maximum absolute atomic E-state index is 12.2. The first kappa shape index (κ1) is 16.0. The van der Waals surface area contributed by atoms with Gasteiger partial charge in [-0.2, -0.15) is 5.10 Å². The Morgan fingerprint density at radius 1 is 1.21 bits per heavy atom. The van der Waals surface area contributed by atoms with E-state index < -0.39 is 0 Å². The van der Waals surface area contributed by atoms with Crippen molar-refractivity contribution < 1.29 is 4.79 Å². The molecule has 0 fully saturated rings. The van der Waals surface area contributed by atoms with Gasteiger partial charge in [-0.15, -0.1) is 0 Å². The Morgan fingerprint density at radius 2 is 1.96 bits per heavy atom. The highest BCUT2D eigenvalue weighted by molar-refractivity contribution is 5.77. The summed E-state index contributed by atoms with van der Waals surface area (Å²) in [6.45, 7) is 6.63. The number of fused-ring (bicyclic) bond motifs is 1. The predicted molar refractivity (Wildman–Crippen MR) is 90.4 cm³/mol. The molecule has 0 unspecified atom stereocenters. The number of nitrogens with one attached hydrogen (secondary N) is 3. The Bertz CT molecular complexity index is 841. The summed E-state index contributed by atoms with van der Waals surface area (Å²) in [5.41, 5.74) is 4.32. The molecule has 8 heteroatoms. The summed E-state index contributed by atoms with van der Waals surface area (Å²) in [5.74, 6) is 2.03. The lowest BCUT2D eigenvalue weighted by Gasteiger charge is -2.15. The van der Waals surface area contributed by atoms with E-state index in [9.17, 15) is 4.79 Å². The minimum absolute atomic E-state index is 0.203. The van der Waals surface area contributed by atoms with E-state index >= 15 is 0 Å². The number of aryl methyl sites for hydroxylation is 3. The van der Waals surface area contributed by atoms with E-state index in [4.69, 9.17) is 0 Å². The summed E-state index contributed by atoms with van der Waals surface area (Å²) in [5, 5.41) is 9.52. The predicted octanol–water partition coefficient (Wildman–Crippen LogP) is 1.95. The third-order valence-electron chi connectivity index (χ3n) is 3.92. The van der Waals surface area contributed by atoms with Gasteiger partial charge in [0.2, 0.25) is 0 Å². The number of nitrogens with zero attached hydrogens (tertiary/aromatic N) is 4. The summed E-state index contributed by atoms with van der Waals surface area (Å²) in [7, 11) is 1.72. The van der Waals surface area contributed by atoms with Gasteiger partial charge in [0.1, 0.15) is 11.6 Å². The van der Waals surface area contributed by atoms with Crippen molar-refractivity contribution in [3.63, 3.8) is 0 Å². The van der Waals surface area contributed by atoms with Gasteiger partial charge in [-0.3, -0.25) is 5.10 Å². The minimum atomic E-state index is -0.203. The molecule has 3 aromatic rings. The molecule has 2 amide bonds. The van der Waals surface area contributed by atoms with Gasteiger partial charge in [0.15, 0.2) is 5.82 Å². The number of aromatic amines is 2. The molecule has 0 aliphatic heterocycles. The molecule has 24 heavy (non-hydrogen) atoms. The first-order valence-electron chi connectivity index (χ1n) is 7.75. The molecule has 0 atom stereocenters. The average molecular weight is 327 g/mol. The number of rotatable bonds is 4. The Morgan fingerprint density at radius 3 is 2.67 bits per heavy atom. The molecule has 0 saturated carbocycles. The quantitative estimate of drug-likeness (QED) is 0.681. The number of aromatic nitrogens is 5. The third kappa shape index (κ3) is 3.37. The highest BCUT2D eigenvalue weighted by atomic mass is 16.2. The van der Waals surface area contributed by atoms with Crippen LogP contribution in [0.5, 0.6) is 0 Å². The van der Waals surface area contributed by atoms with Crippen molar-refractivity contribution in [1.82, 2.24) is 35.4 Å². The molecule has 3 N–H and O–H groups in total. The molecule has 0 aliphatic rings. The van der Waals surface area contributed by atoms with Gasteiger partial charge in [-0.1, -0.05) is 0 Å². The summed E-state index contributed by atoms with van der Waals surface area (Å²) in [4.78, 5) is 25.7. The normalized spacial score (nSPS) is 11.0. The Balaban J connectivity index is 1.63. The highest BCUT2D eigenvalue weighted by Gasteiger charge is 2.13. The van der Waals surface area contributed by atoms with Crippen molar-refractivity contribution >= 4 is 17.1 Å². The molecule has 2 aromatic heterocycles. The van der Waals surface area contributed by atoms with Crippen LogP contribution in [0.3, 0.4) is 0 Å². The van der Waals surface area contributed by atoms with E-state index in [1.54, 1.807) is 11.9 Å². The monoisotopic (exact) mass is 327 g/mol. The number of imidazole rings is 1. The van der Waals surface area contributed by atoms with Crippen molar-refractivity contribution in [3.05, 3.63) is 40.7 Å². The number of urea groups is 1. The number of carbonyl (C=O) groups is 1. The molecule has 1 aromatic carbocycles. The molecule has 2 heterocycles. The average Bonchev–Trinajstić information content (AvgIpc) is 3.11. The second-order valence-corrected chi connectivity index (χ2v) is 5.99. The first-order chi connectivity index (χ1) is 11.4. The standard InChI is InChI=1S/C16H21N7O/c1-9-5-12-13(6-10(9)2)20-15(19-12)8-23(4)16(24)17-7-14-18-11(3)21-22-14/h5-6H,7-8H2,1-4H3,(H,17,24)(H,19,20)(H,18,21,22). The van der Waals surface area contributed by atoms with E-state index in [0.29, 0.717) is 12.4 Å². The van der Waals surface area contributed by atoms with Crippen molar-refractivity contribution in [2.45, 2.75) is 33.9 Å². The molecule has 0 radical (unpaired) electrons. The number of H-pyrrole nitrogens is 2. The van der Waals surface area contributed by atoms with Crippen LogP contribution >= 0.6 is 0 Å². The zero-order valence-electron chi connectivity index (χ0n) is 14.3. The zero-order valence-corrected chi connectivity index (χ0v) is 14.3. The van der Waals surface area contributed by atoms with Gasteiger partial charge >= 0.3 is 6.03 Å². The van der Waals surface area contributed by atoms with Crippen molar-refractivity contribution in [2.24, 2.45) is 0 Å². The van der Waals surface area contributed by atoms with Gasteiger partial charge in [-0.05, 0) is 44.0 Å². The van der Waals surface area contributed by atoms with Crippen LogP contribution in [0.25, 0.3) is 11.0 Å². The van der Waals surface area contributed by atoms with Crippen molar-refractivity contribution in [3.8, 4) is 0 Å². The summed E-state index contributed by atoms with van der Waals surface area (Å²) < 4.78 is 0. The van der Waals surface area contributed by atoms with Crippen LogP contribution in [-0.4, -0.2) is 43.1 Å². The van der Waals surface area contributed by atoms with Crippen LogP contribution in [0, 0.1) is 20.8 Å². The van der Waals surface area contributed by atoms with E-state index in [1.807, 2.05) is 6.92 Å². The number of amides is 2. The second kappa shape index (κ2) is 6.31. The molecular weight excluding hydrogens is 306 g/mol. The fourth-order valence-corrected chi connectivity index (χ4v) is 2.45. The van der Waals surface area contributed by atoms with Crippen LogP contribution in [0.2, 0.25) is 0 Å². The van der Waals surface area contributed by atoms with E-state index in [2.05, 4.69) is 56.4 Å². The smallest absolute Gasteiger partial charge is 0.317 e. The Kier molecular flexibility index (Phi) is 4.20. The van der Waals surface area contributed by atoms with Gasteiger partial charge < -0.3 is 15.2 Å². The number of hydrogen-bond donors (Lipinski definition) is 3. The summed E-state index contributed by atoms with van der Waals surface area (Å²) >= 11 is 0. The maximum Gasteiger partial charge on any atom is 0.317 e. The molecule has 0 saturated heterocycles. The minimum Gasteiger partial charge on any atom is -0.340 e. The Labute approximate surface area is 139 Å². The third-order valence-corrected chi connectivity index (χ3v) is 3.92. The van der Waals surface area contributed by atoms with Gasteiger partial charge in [0.05, 0.1) is 24.1 Å². The van der Waals surface area contributed by atoms with E-state index in [-0.39, 0.29) is 12.6 Å². The van der Waals surface area contributed by atoms with Crippen LogP contribution < -0.4 is 5.32 Å². The fourth-order valence-electron chi connectivity index (χ4n) is 2.45. The number of benzene rings is 1. The van der Waals surface area contributed by atoms with E-state index in [0.717, 1.165) is 22.7 Å². The molecule has 0 aliphatic carbocycles. The number of carbonyl (C=O) groups excluding carboxylic acids is 1. The van der Waals surface area contributed by atoms with E-state index in [1.165, 1.54) is 11.1 Å². The van der Waals surface area contributed by atoms with Crippen LogP contribution in [-0.2, 0) is 13.1 Å². The molecule has 8 nitrogen and oxygen atoms in total. The Hall–Kier alpha value is -2.90. The van der Waals surface area contributed by atoms with Gasteiger partial charge in [0.25, 0.3) is 0 Å². The van der Waals surface area contributed by atoms with Crippen molar-refractivity contribution in [1.29, 1.82) is 0 Å². The van der Waals surface area contributed by atoms with Crippen molar-refractivity contribution in [2.75, 3.05) is 7.05 Å². The topological polar surface area (TPSA) is 103 Å². The lowest BCUT2D eigenvalue weighted by molar-refractivity contribution is 0.205. The van der Waals surface area contributed by atoms with Crippen LogP contribution in [0.1, 0.15) is 28.6 Å². The lowest BCUT2D eigenvalue weighted by atomic mass is 10.1. The SMILES string of the molecule is Cc1nc(CNC(=O)N(C)Cc2nc3cc(C)c(C)cc3[nH]2)n[nH]1. The summed E-state index contributed by atoms with van der Waals surface area (Å²) in [6.07, 6.45) is 0. The highest BCUT2D eigenvalue weighted by Crippen LogP contribution is 2.17. The van der Waals surface area contributed by atoms with Crippen LogP contribution in [0.15, 0.2) is 12.1 Å². The van der Waals surface area contributed by atoms with Gasteiger partial charge in [0, 0.05) is 7.05 Å². The number of hydrogen-bond acceptors (Lipinski definition) is 4. The molecular formula is C16H21N7O. The lowest BCUT2D eigenvalue weighted by Crippen LogP contribution is -2.36. The molecule has 3 rings (SSSR count). The molecule has 126 valence electrons. The largest absolute Gasteiger partial charge is 0.340 e. The maximum atomic E-state index is 12.2. The fraction of sp³-hybridized carbons (Fsp3) is 0.375. The second-order valence-electron chi connectivity index (χ2n) is 5.99.